The van der Waals surface area contributed by atoms with Crippen LogP contribution >= 0.6 is 0 Å². The van der Waals surface area contributed by atoms with E-state index in [-0.39, 0.29) is 12.2 Å². The lowest BCUT2D eigenvalue weighted by atomic mass is 10.1. The van der Waals surface area contributed by atoms with Gasteiger partial charge in [0.25, 0.3) is 5.56 Å². The van der Waals surface area contributed by atoms with Crippen molar-refractivity contribution in [2.45, 2.75) is 33.0 Å². The first-order valence-electron chi connectivity index (χ1n) is 8.36. The van der Waals surface area contributed by atoms with Crippen LogP contribution in [0.25, 0.3) is 5.65 Å². The maximum atomic E-state index is 13.0. The van der Waals surface area contributed by atoms with Crippen LogP contribution in [0, 0.1) is 12.7 Å². The number of aryl methyl sites for hydroxylation is 1. The number of nitrogens with zero attached hydrogens (tertiary/aromatic N) is 2. The highest BCUT2D eigenvalue weighted by Crippen LogP contribution is 2.20. The molecule has 7 heteroatoms. The number of aromatic nitrogens is 2. The van der Waals surface area contributed by atoms with E-state index in [4.69, 9.17) is 9.47 Å². The SMILES string of the molecule is Cc1cccn2c(=O)cc(COC(=O)C(C)(C)Oc3ccc(F)cc3)nc12. The van der Waals surface area contributed by atoms with Gasteiger partial charge >= 0.3 is 5.97 Å². The Hall–Kier alpha value is -3.22. The molecule has 0 amide bonds. The summed E-state index contributed by atoms with van der Waals surface area (Å²) in [6, 6.07) is 10.3. The zero-order chi connectivity index (χ0) is 19.6. The van der Waals surface area contributed by atoms with Crippen molar-refractivity contribution < 1.29 is 18.7 Å². The van der Waals surface area contributed by atoms with Crippen LogP contribution in [0.5, 0.6) is 5.75 Å². The average Bonchev–Trinajstić information content (AvgIpc) is 2.62. The Bertz CT molecular complexity index is 1040. The molecule has 27 heavy (non-hydrogen) atoms. The minimum Gasteiger partial charge on any atom is -0.476 e. The minimum atomic E-state index is -1.29. The fourth-order valence-electron chi connectivity index (χ4n) is 2.53. The number of ether oxygens (including phenoxy) is 2. The third kappa shape index (κ3) is 4.13. The molecule has 2 heterocycles. The topological polar surface area (TPSA) is 69.9 Å². The quantitative estimate of drug-likeness (QED) is 0.646. The van der Waals surface area contributed by atoms with E-state index < -0.39 is 17.4 Å². The van der Waals surface area contributed by atoms with Crippen LogP contribution < -0.4 is 10.3 Å². The molecule has 1 aromatic carbocycles. The molecular weight excluding hydrogens is 351 g/mol. The van der Waals surface area contributed by atoms with E-state index in [0.717, 1.165) is 5.56 Å². The Labute approximate surface area is 155 Å². The van der Waals surface area contributed by atoms with Gasteiger partial charge in [0.05, 0.1) is 5.69 Å². The number of carbonyl (C=O) groups excluding carboxylic acids is 1. The molecule has 0 saturated carbocycles. The van der Waals surface area contributed by atoms with E-state index in [0.29, 0.717) is 17.1 Å². The van der Waals surface area contributed by atoms with Gasteiger partial charge in [0.2, 0.25) is 0 Å². The molecule has 0 aliphatic rings. The number of benzene rings is 1. The smallest absolute Gasteiger partial charge is 0.350 e. The van der Waals surface area contributed by atoms with Crippen molar-refractivity contribution in [3.63, 3.8) is 0 Å². The lowest BCUT2D eigenvalue weighted by Crippen LogP contribution is -2.39. The Kier molecular flexibility index (Phi) is 4.94. The number of hydrogen-bond donors (Lipinski definition) is 0. The molecule has 2 aromatic heterocycles. The second-order valence-corrected chi connectivity index (χ2v) is 6.61. The van der Waals surface area contributed by atoms with Crippen LogP contribution in [0.2, 0.25) is 0 Å². The van der Waals surface area contributed by atoms with E-state index in [1.54, 1.807) is 26.1 Å². The number of carbonyl (C=O) groups is 1. The summed E-state index contributed by atoms with van der Waals surface area (Å²) in [6.45, 7) is 4.78. The lowest BCUT2D eigenvalue weighted by molar-refractivity contribution is -0.160. The van der Waals surface area contributed by atoms with Gasteiger partial charge in [-0.25, -0.2) is 14.2 Å². The maximum absolute atomic E-state index is 13.0. The second kappa shape index (κ2) is 7.19. The highest BCUT2D eigenvalue weighted by molar-refractivity contribution is 5.79. The van der Waals surface area contributed by atoms with Gasteiger partial charge in [0.1, 0.15) is 23.8 Å². The van der Waals surface area contributed by atoms with Gasteiger partial charge in [-0.2, -0.15) is 0 Å². The van der Waals surface area contributed by atoms with Crippen molar-refractivity contribution >= 4 is 11.6 Å². The molecule has 3 rings (SSSR count). The van der Waals surface area contributed by atoms with E-state index in [1.807, 2.05) is 13.0 Å². The van der Waals surface area contributed by atoms with Gasteiger partial charge in [-0.05, 0) is 56.7 Å². The summed E-state index contributed by atoms with van der Waals surface area (Å²) in [4.78, 5) is 29.0. The van der Waals surface area contributed by atoms with Gasteiger partial charge < -0.3 is 9.47 Å². The Morgan fingerprint density at radius 2 is 1.93 bits per heavy atom. The molecule has 0 saturated heterocycles. The van der Waals surface area contributed by atoms with Crippen molar-refractivity contribution in [2.24, 2.45) is 0 Å². The summed E-state index contributed by atoms with van der Waals surface area (Å²) in [6.07, 6.45) is 1.63. The molecule has 0 aliphatic carbocycles. The van der Waals surface area contributed by atoms with Crippen LogP contribution in [0.1, 0.15) is 25.1 Å². The Balaban J connectivity index is 1.73. The predicted molar refractivity (Wildman–Crippen MR) is 97.1 cm³/mol. The molecule has 0 bridgehead atoms. The van der Waals surface area contributed by atoms with E-state index >= 15 is 0 Å². The molecule has 3 aromatic rings. The molecule has 0 atom stereocenters. The normalized spacial score (nSPS) is 11.4. The number of halogens is 1. The largest absolute Gasteiger partial charge is 0.476 e. The summed E-state index contributed by atoms with van der Waals surface area (Å²) in [5.74, 6) is -0.679. The van der Waals surface area contributed by atoms with Gasteiger partial charge in [-0.15, -0.1) is 0 Å². The molecule has 6 nitrogen and oxygen atoms in total. The highest BCUT2D eigenvalue weighted by Gasteiger charge is 2.32. The first-order chi connectivity index (χ1) is 12.8. The lowest BCUT2D eigenvalue weighted by Gasteiger charge is -2.24. The summed E-state index contributed by atoms with van der Waals surface area (Å²) in [5.41, 5.74) is 0.150. The second-order valence-electron chi connectivity index (χ2n) is 6.61. The monoisotopic (exact) mass is 370 g/mol. The number of hydrogen-bond acceptors (Lipinski definition) is 5. The first-order valence-corrected chi connectivity index (χ1v) is 8.36. The number of pyridine rings is 1. The maximum Gasteiger partial charge on any atom is 0.350 e. The first kappa shape index (κ1) is 18.6. The summed E-state index contributed by atoms with van der Waals surface area (Å²) in [5, 5.41) is 0. The molecule has 0 fully saturated rings. The minimum absolute atomic E-state index is 0.158. The summed E-state index contributed by atoms with van der Waals surface area (Å²) < 4.78 is 25.3. The number of rotatable bonds is 5. The van der Waals surface area contributed by atoms with Crippen LogP contribution in [-0.2, 0) is 16.1 Å². The third-order valence-electron chi connectivity index (χ3n) is 3.97. The number of fused-ring (bicyclic) bond motifs is 1. The van der Waals surface area contributed by atoms with Crippen LogP contribution in [0.4, 0.5) is 4.39 Å². The molecule has 0 aliphatic heterocycles. The molecular formula is C20H19FN2O4. The molecule has 0 radical (unpaired) electrons. The van der Waals surface area contributed by atoms with Crippen LogP contribution in [0.15, 0.2) is 53.5 Å². The molecule has 140 valence electrons. The summed E-state index contributed by atoms with van der Waals surface area (Å²) in [7, 11) is 0. The van der Waals surface area contributed by atoms with Gasteiger partial charge in [0, 0.05) is 12.3 Å². The van der Waals surface area contributed by atoms with Crippen molar-refractivity contribution in [2.75, 3.05) is 0 Å². The zero-order valence-electron chi connectivity index (χ0n) is 15.2. The Morgan fingerprint density at radius 1 is 1.22 bits per heavy atom. The van der Waals surface area contributed by atoms with Gasteiger partial charge in [0.15, 0.2) is 5.60 Å². The molecule has 0 unspecified atom stereocenters. The third-order valence-corrected chi connectivity index (χ3v) is 3.97. The predicted octanol–water partition coefficient (Wildman–Crippen LogP) is 3.04. The van der Waals surface area contributed by atoms with Crippen LogP contribution in [-0.4, -0.2) is 21.0 Å². The average molecular weight is 370 g/mol. The van der Waals surface area contributed by atoms with Crippen molar-refractivity contribution in [1.29, 1.82) is 0 Å². The van der Waals surface area contributed by atoms with E-state index in [9.17, 15) is 14.0 Å². The zero-order valence-corrected chi connectivity index (χ0v) is 15.2. The van der Waals surface area contributed by atoms with Crippen LogP contribution in [0.3, 0.4) is 0 Å². The Morgan fingerprint density at radius 3 is 2.63 bits per heavy atom. The van der Waals surface area contributed by atoms with Crippen molar-refractivity contribution in [3.05, 3.63) is 76.1 Å². The highest BCUT2D eigenvalue weighted by atomic mass is 19.1. The van der Waals surface area contributed by atoms with E-state index in [2.05, 4.69) is 4.98 Å². The fraction of sp³-hybridized carbons (Fsp3) is 0.250. The number of esters is 1. The van der Waals surface area contributed by atoms with E-state index in [1.165, 1.54) is 34.7 Å². The van der Waals surface area contributed by atoms with Crippen molar-refractivity contribution in [1.82, 2.24) is 9.38 Å². The molecule has 0 N–H and O–H groups in total. The van der Waals surface area contributed by atoms with Gasteiger partial charge in [-0.3, -0.25) is 9.20 Å². The fourth-order valence-corrected chi connectivity index (χ4v) is 2.53. The van der Waals surface area contributed by atoms with Crippen molar-refractivity contribution in [3.8, 4) is 5.75 Å². The summed E-state index contributed by atoms with van der Waals surface area (Å²) >= 11 is 0. The standard InChI is InChI=1S/C20H19FN2O4/c1-13-5-4-10-23-17(24)11-15(22-18(13)23)12-26-19(25)20(2,3)27-16-8-6-14(21)7-9-16/h4-11H,12H2,1-3H3. The molecule has 0 spiro atoms. The van der Waals surface area contributed by atoms with Gasteiger partial charge in [-0.1, -0.05) is 6.07 Å².